The number of carboxylic acids is 1. The Morgan fingerprint density at radius 3 is 2.37 bits per heavy atom. The van der Waals surface area contributed by atoms with E-state index in [0.717, 1.165) is 31.6 Å². The van der Waals surface area contributed by atoms with Gasteiger partial charge in [-0.25, -0.2) is 4.39 Å². The van der Waals surface area contributed by atoms with E-state index in [1.165, 1.54) is 12.1 Å². The normalized spacial score (nSPS) is 16.9. The van der Waals surface area contributed by atoms with Gasteiger partial charge in [-0.3, -0.25) is 0 Å². The first-order valence-corrected chi connectivity index (χ1v) is 6.33. The van der Waals surface area contributed by atoms with Crippen molar-refractivity contribution in [2.75, 3.05) is 19.6 Å². The van der Waals surface area contributed by atoms with E-state index < -0.39 is 5.97 Å². The number of piperidine rings is 1. The number of likely N-dealkylation sites (tertiary alicyclic amines) is 1. The third-order valence-electron chi connectivity index (χ3n) is 3.55. The number of hydrogen-bond donors (Lipinski definition) is 0. The molecule has 1 aliphatic heterocycles. The number of aliphatic carboxylic acids is 1. The van der Waals surface area contributed by atoms with Crippen LogP contribution in [0.2, 0.25) is 0 Å². The van der Waals surface area contributed by atoms with Crippen molar-refractivity contribution in [3.05, 3.63) is 35.6 Å². The van der Waals surface area contributed by atoms with Crippen LogP contribution >= 0.6 is 0 Å². The predicted molar refractivity (Wildman–Crippen MR) is 64.3 cm³/mol. The van der Waals surface area contributed by atoms with E-state index >= 15 is 0 Å². The molecule has 0 radical (unpaired) electrons. The summed E-state index contributed by atoms with van der Waals surface area (Å²) in [5, 5.41) is 10.7. The molecule has 0 aliphatic carbocycles. The van der Waals surface area contributed by atoms with E-state index in [0.29, 0.717) is 12.8 Å². The molecule has 19 heavy (non-hydrogen) atoms. The molecule has 1 aliphatic rings. The van der Waals surface area contributed by atoms with E-state index in [2.05, 4.69) is 4.90 Å². The summed E-state index contributed by atoms with van der Waals surface area (Å²) in [6.07, 6.45) is 2.22. The second-order valence-electron chi connectivity index (χ2n) is 4.81. The van der Waals surface area contributed by atoms with Crippen LogP contribution in [0.4, 0.5) is 4.39 Å². The van der Waals surface area contributed by atoms with Gasteiger partial charge in [0, 0.05) is 18.4 Å². The molecule has 1 saturated heterocycles. The van der Waals surface area contributed by atoms with Gasteiger partial charge in [-0.15, -0.1) is 0 Å². The molecule has 1 aromatic carbocycles. The van der Waals surface area contributed by atoms with Gasteiger partial charge >= 0.3 is 18.9 Å². The van der Waals surface area contributed by atoms with Crippen LogP contribution in [-0.2, 0) is 11.2 Å². The van der Waals surface area contributed by atoms with Crippen LogP contribution in [0, 0.1) is 11.7 Å². The number of carbonyl (C=O) groups is 1. The number of halogens is 1. The molecule has 2 rings (SSSR count). The van der Waals surface area contributed by atoms with Crippen LogP contribution in [-0.4, -0.2) is 30.5 Å². The summed E-state index contributed by atoms with van der Waals surface area (Å²) in [7, 11) is 0. The molecule has 3 nitrogen and oxygen atoms in total. The molecule has 0 spiro atoms. The molecule has 0 aromatic heterocycles. The van der Waals surface area contributed by atoms with Gasteiger partial charge < -0.3 is 14.8 Å². The number of carbonyl (C=O) groups excluding carboxylic acids is 1. The number of rotatable bonds is 4. The van der Waals surface area contributed by atoms with Crippen molar-refractivity contribution in [3.63, 3.8) is 0 Å². The minimum absolute atomic E-state index is 0. The molecular weight excluding hydrogens is 240 g/mol. The molecule has 5 heteroatoms. The molecule has 0 amide bonds. The van der Waals surface area contributed by atoms with E-state index in [4.69, 9.17) is 0 Å². The van der Waals surface area contributed by atoms with Gasteiger partial charge in [0.15, 0.2) is 0 Å². The van der Waals surface area contributed by atoms with Crippen molar-refractivity contribution in [2.45, 2.75) is 19.3 Å². The first-order valence-electron chi connectivity index (χ1n) is 6.33. The van der Waals surface area contributed by atoms with Crippen molar-refractivity contribution in [2.24, 2.45) is 5.92 Å². The second-order valence-corrected chi connectivity index (χ2v) is 4.81. The third-order valence-corrected chi connectivity index (χ3v) is 3.55. The molecular formula is C14H17FLiNO2. The van der Waals surface area contributed by atoms with E-state index in [1.807, 2.05) is 0 Å². The molecule has 98 valence electrons. The maximum Gasteiger partial charge on any atom is 1.00 e. The molecule has 1 fully saturated rings. The SMILES string of the molecule is O=C([O-])C1CCN(CCc2ccc(F)cc2)CC1.[Li+]. The van der Waals surface area contributed by atoms with Crippen LogP contribution in [0.15, 0.2) is 24.3 Å². The summed E-state index contributed by atoms with van der Waals surface area (Å²) < 4.78 is 12.7. The topological polar surface area (TPSA) is 43.4 Å². The van der Waals surface area contributed by atoms with Crippen LogP contribution in [0.25, 0.3) is 0 Å². The average molecular weight is 257 g/mol. The largest absolute Gasteiger partial charge is 1.00 e. The fourth-order valence-corrected chi connectivity index (χ4v) is 2.33. The van der Waals surface area contributed by atoms with Crippen molar-refractivity contribution in [1.82, 2.24) is 4.90 Å². The van der Waals surface area contributed by atoms with Crippen LogP contribution in [0.5, 0.6) is 0 Å². The van der Waals surface area contributed by atoms with Gasteiger partial charge in [-0.1, -0.05) is 12.1 Å². The molecule has 1 heterocycles. The minimum Gasteiger partial charge on any atom is -0.550 e. The standard InChI is InChI=1S/C14H18FNO2.Li/c15-13-3-1-11(2-4-13)5-8-16-9-6-12(7-10-16)14(17)18;/h1-4,12H,5-10H2,(H,17,18);/q;+1/p-1. The Morgan fingerprint density at radius 1 is 1.26 bits per heavy atom. The van der Waals surface area contributed by atoms with E-state index in [-0.39, 0.29) is 30.6 Å². The molecule has 0 bridgehead atoms. The smallest absolute Gasteiger partial charge is 0.550 e. The monoisotopic (exact) mass is 257 g/mol. The Morgan fingerprint density at radius 2 is 1.84 bits per heavy atom. The van der Waals surface area contributed by atoms with E-state index in [9.17, 15) is 14.3 Å². The van der Waals surface area contributed by atoms with Gasteiger partial charge in [-0.05, 0) is 50.0 Å². The van der Waals surface area contributed by atoms with E-state index in [1.54, 1.807) is 12.1 Å². The zero-order valence-electron chi connectivity index (χ0n) is 11.3. The van der Waals surface area contributed by atoms with Crippen molar-refractivity contribution in [1.29, 1.82) is 0 Å². The number of benzene rings is 1. The van der Waals surface area contributed by atoms with Gasteiger partial charge in [0.2, 0.25) is 0 Å². The zero-order chi connectivity index (χ0) is 13.0. The minimum atomic E-state index is -0.923. The van der Waals surface area contributed by atoms with Gasteiger partial charge in [0.1, 0.15) is 5.82 Å². The van der Waals surface area contributed by atoms with Crippen molar-refractivity contribution >= 4 is 5.97 Å². The third kappa shape index (κ3) is 4.98. The second kappa shape index (κ2) is 7.69. The number of nitrogens with zero attached hydrogens (tertiary/aromatic N) is 1. The Labute approximate surface area is 125 Å². The Hall–Kier alpha value is -0.823. The number of carboxylic acid groups (broad SMARTS) is 1. The Balaban J connectivity index is 0.00000180. The summed E-state index contributed by atoms with van der Waals surface area (Å²) in [5.74, 6) is -1.42. The average Bonchev–Trinajstić information content (AvgIpc) is 2.38. The van der Waals surface area contributed by atoms with Crippen molar-refractivity contribution < 1.29 is 33.2 Å². The number of hydrogen-bond acceptors (Lipinski definition) is 3. The summed E-state index contributed by atoms with van der Waals surface area (Å²) in [5.41, 5.74) is 1.11. The molecule has 1 aromatic rings. The first-order chi connectivity index (χ1) is 8.65. The quantitative estimate of drug-likeness (QED) is 0.577. The summed E-state index contributed by atoms with van der Waals surface area (Å²) >= 11 is 0. The van der Waals surface area contributed by atoms with Crippen LogP contribution in [0.3, 0.4) is 0 Å². The summed E-state index contributed by atoms with van der Waals surface area (Å²) in [4.78, 5) is 13.0. The van der Waals surface area contributed by atoms with Gasteiger partial charge in [0.05, 0.1) is 0 Å². The molecule has 0 N–H and O–H groups in total. The van der Waals surface area contributed by atoms with Crippen LogP contribution in [0.1, 0.15) is 18.4 Å². The fourth-order valence-electron chi connectivity index (χ4n) is 2.33. The Bertz CT molecular complexity index is 402. The predicted octanol–water partition coefficient (Wildman–Crippen LogP) is -2.17. The maximum atomic E-state index is 12.7. The summed E-state index contributed by atoms with van der Waals surface area (Å²) in [6.45, 7) is 2.51. The molecule has 0 saturated carbocycles. The zero-order valence-corrected chi connectivity index (χ0v) is 11.3. The van der Waals surface area contributed by atoms with Gasteiger partial charge in [0.25, 0.3) is 0 Å². The summed E-state index contributed by atoms with van der Waals surface area (Å²) in [6, 6.07) is 6.53. The van der Waals surface area contributed by atoms with Crippen molar-refractivity contribution in [3.8, 4) is 0 Å². The fraction of sp³-hybridized carbons (Fsp3) is 0.500. The molecule has 0 unspecified atom stereocenters. The first kappa shape index (κ1) is 16.2. The Kier molecular flexibility index (Phi) is 6.57. The molecule has 0 atom stereocenters. The van der Waals surface area contributed by atoms with Gasteiger partial charge in [-0.2, -0.15) is 0 Å². The maximum absolute atomic E-state index is 12.7. The van der Waals surface area contributed by atoms with Crippen LogP contribution < -0.4 is 24.0 Å².